The van der Waals surface area contributed by atoms with E-state index < -0.39 is 4.92 Å². The molecule has 27 heavy (non-hydrogen) atoms. The Hall–Kier alpha value is -2.54. The van der Waals surface area contributed by atoms with Crippen molar-refractivity contribution in [2.75, 3.05) is 18.4 Å². The molecule has 1 aliphatic heterocycles. The summed E-state index contributed by atoms with van der Waals surface area (Å²) in [5.41, 5.74) is 1.74. The van der Waals surface area contributed by atoms with Crippen LogP contribution < -0.4 is 5.32 Å². The van der Waals surface area contributed by atoms with Crippen LogP contribution in [0.15, 0.2) is 30.3 Å². The smallest absolute Gasteiger partial charge is 0.269 e. The van der Waals surface area contributed by atoms with Gasteiger partial charge >= 0.3 is 0 Å². The molecule has 2 aliphatic rings. The molecule has 1 atom stereocenters. The number of aromatic nitrogens is 2. The average Bonchev–Trinajstić information content (AvgIpc) is 3.33. The quantitative estimate of drug-likeness (QED) is 0.639. The summed E-state index contributed by atoms with van der Waals surface area (Å²) < 4.78 is 0. The van der Waals surface area contributed by atoms with Crippen LogP contribution in [0.1, 0.15) is 37.8 Å². The zero-order valence-corrected chi connectivity index (χ0v) is 15.6. The Morgan fingerprint density at radius 2 is 1.89 bits per heavy atom. The molecule has 1 saturated carbocycles. The molecule has 142 valence electrons. The highest BCUT2D eigenvalue weighted by atomic mass is 16.6. The molecule has 2 fully saturated rings. The number of nitro benzene ring substituents is 1. The number of hydrogen-bond donors (Lipinski definition) is 1. The molecule has 1 aliphatic carbocycles. The van der Waals surface area contributed by atoms with Crippen LogP contribution in [-0.2, 0) is 0 Å². The van der Waals surface area contributed by atoms with Gasteiger partial charge in [-0.3, -0.25) is 15.0 Å². The Morgan fingerprint density at radius 3 is 2.59 bits per heavy atom. The third-order valence-electron chi connectivity index (χ3n) is 5.60. The lowest BCUT2D eigenvalue weighted by molar-refractivity contribution is -0.384. The van der Waals surface area contributed by atoms with Gasteiger partial charge in [-0.1, -0.05) is 12.8 Å². The Morgan fingerprint density at radius 1 is 1.15 bits per heavy atom. The first-order chi connectivity index (χ1) is 13.1. The molecule has 7 nitrogen and oxygen atoms in total. The fourth-order valence-corrected chi connectivity index (χ4v) is 4.22. The van der Waals surface area contributed by atoms with Crippen molar-refractivity contribution in [1.29, 1.82) is 0 Å². The van der Waals surface area contributed by atoms with E-state index in [0.29, 0.717) is 11.9 Å². The minimum absolute atomic E-state index is 0.0720. The molecule has 7 heteroatoms. The number of benzene rings is 1. The highest BCUT2D eigenvalue weighted by Crippen LogP contribution is 2.28. The maximum atomic E-state index is 10.8. The molecule has 0 bridgehead atoms. The van der Waals surface area contributed by atoms with E-state index in [1.807, 2.05) is 13.0 Å². The lowest BCUT2D eigenvalue weighted by atomic mass is 10.2. The molecule has 0 amide bonds. The summed E-state index contributed by atoms with van der Waals surface area (Å²) in [5, 5.41) is 14.4. The van der Waals surface area contributed by atoms with E-state index >= 15 is 0 Å². The van der Waals surface area contributed by atoms with Crippen LogP contribution in [0.25, 0.3) is 11.4 Å². The van der Waals surface area contributed by atoms with Gasteiger partial charge in [0.2, 0.25) is 0 Å². The third-order valence-corrected chi connectivity index (χ3v) is 5.60. The van der Waals surface area contributed by atoms with Gasteiger partial charge in [-0.15, -0.1) is 0 Å². The Kier molecular flexibility index (Phi) is 5.03. The maximum absolute atomic E-state index is 10.8. The standard InChI is InChI=1S/C20H25N5O2/c1-14-12-19(22-16-10-11-24(13-16)17-4-2-3-5-17)23-20(21-14)15-6-8-18(9-7-15)25(26)27/h6-9,12,16-17H,2-5,10-11,13H2,1H3,(H,21,22,23). The van der Waals surface area contributed by atoms with Gasteiger partial charge in [0, 0.05) is 54.6 Å². The predicted molar refractivity (Wildman–Crippen MR) is 105 cm³/mol. The topological polar surface area (TPSA) is 84.2 Å². The minimum Gasteiger partial charge on any atom is -0.366 e. The Bertz CT molecular complexity index is 818. The van der Waals surface area contributed by atoms with Crippen LogP contribution in [0, 0.1) is 17.0 Å². The van der Waals surface area contributed by atoms with Crippen molar-refractivity contribution in [1.82, 2.24) is 14.9 Å². The van der Waals surface area contributed by atoms with E-state index in [1.54, 1.807) is 12.1 Å². The summed E-state index contributed by atoms with van der Waals surface area (Å²) in [6.07, 6.45) is 6.53. The molecule has 1 saturated heterocycles. The number of hydrogen-bond acceptors (Lipinski definition) is 6. The van der Waals surface area contributed by atoms with Crippen molar-refractivity contribution in [3.63, 3.8) is 0 Å². The first-order valence-electron chi connectivity index (χ1n) is 9.69. The van der Waals surface area contributed by atoms with Crippen LogP contribution in [0.3, 0.4) is 0 Å². The van der Waals surface area contributed by atoms with Gasteiger partial charge in [-0.25, -0.2) is 9.97 Å². The first kappa shape index (κ1) is 17.9. The van der Waals surface area contributed by atoms with Crippen LogP contribution in [0.5, 0.6) is 0 Å². The van der Waals surface area contributed by atoms with E-state index in [-0.39, 0.29) is 5.69 Å². The Labute approximate surface area is 159 Å². The monoisotopic (exact) mass is 367 g/mol. The van der Waals surface area contributed by atoms with Crippen LogP contribution >= 0.6 is 0 Å². The third kappa shape index (κ3) is 4.08. The second kappa shape index (κ2) is 7.60. The van der Waals surface area contributed by atoms with Crippen molar-refractivity contribution in [3.8, 4) is 11.4 Å². The van der Waals surface area contributed by atoms with Crippen molar-refractivity contribution < 1.29 is 4.92 Å². The molecule has 0 spiro atoms. The van der Waals surface area contributed by atoms with Crippen LogP contribution in [-0.4, -0.2) is 45.0 Å². The minimum atomic E-state index is -0.399. The van der Waals surface area contributed by atoms with Crippen LogP contribution in [0.2, 0.25) is 0 Å². The largest absolute Gasteiger partial charge is 0.366 e. The molecule has 1 aromatic heterocycles. The van der Waals surface area contributed by atoms with E-state index in [1.165, 1.54) is 37.8 Å². The molecular weight excluding hydrogens is 342 g/mol. The van der Waals surface area contributed by atoms with Gasteiger partial charge in [0.25, 0.3) is 5.69 Å². The number of non-ortho nitro benzene ring substituents is 1. The van der Waals surface area contributed by atoms with Crippen molar-refractivity contribution in [2.24, 2.45) is 0 Å². The normalized spacial score (nSPS) is 20.9. The van der Waals surface area contributed by atoms with Gasteiger partial charge in [0.15, 0.2) is 5.82 Å². The summed E-state index contributed by atoms with van der Waals surface area (Å²) in [5.74, 6) is 1.42. The van der Waals surface area contributed by atoms with Crippen molar-refractivity contribution in [3.05, 3.63) is 46.1 Å². The zero-order chi connectivity index (χ0) is 18.8. The molecule has 2 aromatic rings. The SMILES string of the molecule is Cc1cc(NC2CCN(C3CCCC3)C2)nc(-c2ccc([N+](=O)[O-])cc2)n1. The fourth-order valence-electron chi connectivity index (χ4n) is 4.22. The summed E-state index contributed by atoms with van der Waals surface area (Å²) >= 11 is 0. The molecule has 1 N–H and O–H groups in total. The number of nitrogens with zero attached hydrogens (tertiary/aromatic N) is 4. The molecule has 1 aromatic carbocycles. The Balaban J connectivity index is 1.47. The molecule has 4 rings (SSSR count). The second-order valence-corrected chi connectivity index (χ2v) is 7.59. The number of nitro groups is 1. The lowest BCUT2D eigenvalue weighted by Crippen LogP contribution is -2.33. The summed E-state index contributed by atoms with van der Waals surface area (Å²) in [6.45, 7) is 4.17. The maximum Gasteiger partial charge on any atom is 0.269 e. The number of aryl methyl sites for hydroxylation is 1. The first-order valence-corrected chi connectivity index (χ1v) is 9.69. The fraction of sp³-hybridized carbons (Fsp3) is 0.500. The van der Waals surface area contributed by atoms with Crippen LogP contribution in [0.4, 0.5) is 11.5 Å². The summed E-state index contributed by atoms with van der Waals surface area (Å²) in [4.78, 5) is 22.2. The van der Waals surface area contributed by atoms with Crippen molar-refractivity contribution >= 4 is 11.5 Å². The van der Waals surface area contributed by atoms with E-state index in [9.17, 15) is 10.1 Å². The zero-order valence-electron chi connectivity index (χ0n) is 15.6. The summed E-state index contributed by atoms with van der Waals surface area (Å²) in [7, 11) is 0. The van der Waals surface area contributed by atoms with E-state index in [2.05, 4.69) is 20.2 Å². The lowest BCUT2D eigenvalue weighted by Gasteiger charge is -2.23. The van der Waals surface area contributed by atoms with Gasteiger partial charge in [0.1, 0.15) is 5.82 Å². The van der Waals surface area contributed by atoms with Gasteiger partial charge < -0.3 is 5.32 Å². The van der Waals surface area contributed by atoms with Gasteiger partial charge in [0.05, 0.1) is 4.92 Å². The second-order valence-electron chi connectivity index (χ2n) is 7.59. The molecule has 2 heterocycles. The van der Waals surface area contributed by atoms with Gasteiger partial charge in [-0.05, 0) is 38.3 Å². The molecule has 0 radical (unpaired) electrons. The highest BCUT2D eigenvalue weighted by molar-refractivity contribution is 5.59. The van der Waals surface area contributed by atoms with E-state index in [0.717, 1.165) is 42.6 Å². The number of rotatable bonds is 5. The average molecular weight is 367 g/mol. The van der Waals surface area contributed by atoms with Gasteiger partial charge in [-0.2, -0.15) is 0 Å². The predicted octanol–water partition coefficient (Wildman–Crippen LogP) is 3.79. The summed E-state index contributed by atoms with van der Waals surface area (Å²) in [6, 6.07) is 9.52. The highest BCUT2D eigenvalue weighted by Gasteiger charge is 2.30. The van der Waals surface area contributed by atoms with Crippen molar-refractivity contribution in [2.45, 2.75) is 51.1 Å². The molecular formula is C20H25N5O2. The van der Waals surface area contributed by atoms with E-state index in [4.69, 9.17) is 0 Å². The number of anilines is 1. The number of likely N-dealkylation sites (tertiary alicyclic amines) is 1. The molecule has 1 unspecified atom stereocenters. The number of nitrogens with one attached hydrogen (secondary N) is 1.